The van der Waals surface area contributed by atoms with Crippen LogP contribution in [0.25, 0.3) is 0 Å². The van der Waals surface area contributed by atoms with Crippen LogP contribution in [0.1, 0.15) is 40.0 Å². The molecule has 0 radical (unpaired) electrons. The summed E-state index contributed by atoms with van der Waals surface area (Å²) < 4.78 is 27.8. The lowest BCUT2D eigenvalue weighted by Crippen LogP contribution is -2.27. The maximum absolute atomic E-state index is 12.8. The highest BCUT2D eigenvalue weighted by Crippen LogP contribution is 2.23. The molecule has 1 atom stereocenters. The first-order chi connectivity index (χ1) is 13.8. The van der Waals surface area contributed by atoms with Gasteiger partial charge >= 0.3 is 0 Å². The minimum Gasteiger partial charge on any atom is -0.346 e. The molecule has 0 saturated carbocycles. The van der Waals surface area contributed by atoms with Gasteiger partial charge < -0.3 is 5.32 Å². The van der Waals surface area contributed by atoms with E-state index in [2.05, 4.69) is 10.0 Å². The molecule has 3 aromatic carbocycles. The molecule has 0 fully saturated rings. The van der Waals surface area contributed by atoms with Gasteiger partial charge in [0.15, 0.2) is 0 Å². The van der Waals surface area contributed by atoms with Gasteiger partial charge in [-0.2, -0.15) is 0 Å². The normalized spacial score (nSPS) is 12.2. The Bertz CT molecular complexity index is 1110. The monoisotopic (exact) mass is 408 g/mol. The number of anilines is 1. The lowest BCUT2D eigenvalue weighted by atomic mass is 10.0. The minimum atomic E-state index is -3.73. The van der Waals surface area contributed by atoms with E-state index in [1.54, 1.807) is 43.3 Å². The molecule has 5 nitrogen and oxygen atoms in total. The van der Waals surface area contributed by atoms with Crippen LogP contribution >= 0.6 is 0 Å². The van der Waals surface area contributed by atoms with Gasteiger partial charge in [-0.05, 0) is 56.2 Å². The third kappa shape index (κ3) is 4.84. The Labute approximate surface area is 171 Å². The van der Waals surface area contributed by atoms with Crippen molar-refractivity contribution in [2.45, 2.75) is 31.7 Å². The van der Waals surface area contributed by atoms with Gasteiger partial charge in [0.05, 0.1) is 16.6 Å². The Kier molecular flexibility index (Phi) is 6.03. The molecule has 0 spiro atoms. The van der Waals surface area contributed by atoms with E-state index in [0.29, 0.717) is 16.8 Å². The number of amides is 1. The van der Waals surface area contributed by atoms with Crippen molar-refractivity contribution in [3.05, 3.63) is 95.1 Å². The van der Waals surface area contributed by atoms with Crippen LogP contribution in [0.2, 0.25) is 0 Å². The predicted octanol–water partition coefficient (Wildman–Crippen LogP) is 4.60. The zero-order chi connectivity index (χ0) is 21.0. The zero-order valence-electron chi connectivity index (χ0n) is 16.6. The first-order valence-electron chi connectivity index (χ1n) is 9.33. The third-order valence-corrected chi connectivity index (χ3v) is 6.18. The van der Waals surface area contributed by atoms with Crippen LogP contribution in [0.5, 0.6) is 0 Å². The number of sulfonamides is 1. The van der Waals surface area contributed by atoms with Crippen LogP contribution in [0, 0.1) is 13.8 Å². The van der Waals surface area contributed by atoms with Crippen molar-refractivity contribution < 1.29 is 13.2 Å². The fraction of sp³-hybridized carbons (Fsp3) is 0.174. The first kappa shape index (κ1) is 20.6. The molecule has 2 N–H and O–H groups in total. The van der Waals surface area contributed by atoms with Gasteiger partial charge in [-0.15, -0.1) is 0 Å². The van der Waals surface area contributed by atoms with Gasteiger partial charge in [-0.3, -0.25) is 9.52 Å². The highest BCUT2D eigenvalue weighted by atomic mass is 32.2. The number of carbonyl (C=O) groups excluding carboxylic acids is 1. The molecular weight excluding hydrogens is 384 g/mol. The first-order valence-corrected chi connectivity index (χ1v) is 10.8. The van der Waals surface area contributed by atoms with E-state index < -0.39 is 10.0 Å². The van der Waals surface area contributed by atoms with Crippen LogP contribution in [0.15, 0.2) is 77.7 Å². The Balaban J connectivity index is 1.81. The molecule has 0 bridgehead atoms. The molecule has 150 valence electrons. The quantitative estimate of drug-likeness (QED) is 0.626. The van der Waals surface area contributed by atoms with Crippen molar-refractivity contribution in [3.8, 4) is 0 Å². The second kappa shape index (κ2) is 8.49. The molecule has 6 heteroatoms. The molecule has 1 amide bonds. The van der Waals surface area contributed by atoms with Crippen molar-refractivity contribution in [1.82, 2.24) is 5.32 Å². The zero-order valence-corrected chi connectivity index (χ0v) is 17.5. The summed E-state index contributed by atoms with van der Waals surface area (Å²) in [6.45, 7) is 5.66. The molecule has 3 rings (SSSR count). The van der Waals surface area contributed by atoms with Gasteiger partial charge in [0, 0.05) is 5.56 Å². The Morgan fingerprint density at radius 3 is 2.17 bits per heavy atom. The van der Waals surface area contributed by atoms with Gasteiger partial charge in [0.1, 0.15) is 0 Å². The van der Waals surface area contributed by atoms with E-state index in [4.69, 9.17) is 0 Å². The molecule has 0 aliphatic rings. The Hall–Kier alpha value is -3.12. The third-order valence-electron chi connectivity index (χ3n) is 4.80. The average Bonchev–Trinajstić information content (AvgIpc) is 2.70. The van der Waals surface area contributed by atoms with E-state index in [-0.39, 0.29) is 16.8 Å². The predicted molar refractivity (Wildman–Crippen MR) is 115 cm³/mol. The largest absolute Gasteiger partial charge is 0.346 e. The minimum absolute atomic E-state index is 0.169. The van der Waals surface area contributed by atoms with E-state index in [1.165, 1.54) is 12.1 Å². The van der Waals surface area contributed by atoms with Crippen LogP contribution < -0.4 is 10.0 Å². The Morgan fingerprint density at radius 2 is 1.52 bits per heavy atom. The van der Waals surface area contributed by atoms with E-state index >= 15 is 0 Å². The molecule has 0 aliphatic carbocycles. The maximum Gasteiger partial charge on any atom is 0.261 e. The molecule has 29 heavy (non-hydrogen) atoms. The number of hydrogen-bond acceptors (Lipinski definition) is 3. The standard InChI is InChI=1S/C23H24N2O3S/c1-16-12-14-19(15-13-16)18(3)24-23(26)21-10-7-11-22(17(21)2)25-29(27,28)20-8-5-4-6-9-20/h4-15,18,25H,1-3H3,(H,24,26). The SMILES string of the molecule is Cc1ccc(C(C)NC(=O)c2cccc(NS(=O)(=O)c3ccccc3)c2C)cc1. The summed E-state index contributed by atoms with van der Waals surface area (Å²) in [6, 6.07) is 20.9. The molecular formula is C23H24N2O3S. The van der Waals surface area contributed by atoms with Gasteiger partial charge in [-0.25, -0.2) is 8.42 Å². The lowest BCUT2D eigenvalue weighted by molar-refractivity contribution is 0.0939. The number of benzene rings is 3. The van der Waals surface area contributed by atoms with Crippen molar-refractivity contribution >= 4 is 21.6 Å². The average molecular weight is 409 g/mol. The number of rotatable bonds is 6. The second-order valence-corrected chi connectivity index (χ2v) is 8.68. The van der Waals surface area contributed by atoms with Crippen LogP contribution in [0.3, 0.4) is 0 Å². The fourth-order valence-corrected chi connectivity index (χ4v) is 4.15. The van der Waals surface area contributed by atoms with Crippen molar-refractivity contribution in [2.75, 3.05) is 4.72 Å². The van der Waals surface area contributed by atoms with Crippen LogP contribution in [-0.2, 0) is 10.0 Å². The number of hydrogen-bond donors (Lipinski definition) is 2. The smallest absolute Gasteiger partial charge is 0.261 e. The summed E-state index contributed by atoms with van der Waals surface area (Å²) in [6.07, 6.45) is 0. The second-order valence-electron chi connectivity index (χ2n) is 7.00. The van der Waals surface area contributed by atoms with Crippen molar-refractivity contribution in [2.24, 2.45) is 0 Å². The summed E-state index contributed by atoms with van der Waals surface area (Å²) in [4.78, 5) is 13.0. The summed E-state index contributed by atoms with van der Waals surface area (Å²) in [5.41, 5.74) is 3.53. The van der Waals surface area contributed by atoms with E-state index in [1.807, 2.05) is 38.1 Å². The van der Waals surface area contributed by atoms with Gasteiger partial charge in [0.25, 0.3) is 15.9 Å². The lowest BCUT2D eigenvalue weighted by Gasteiger charge is -2.17. The van der Waals surface area contributed by atoms with Gasteiger partial charge in [-0.1, -0.05) is 54.1 Å². The number of aryl methyl sites for hydroxylation is 1. The van der Waals surface area contributed by atoms with Crippen LogP contribution in [0.4, 0.5) is 5.69 Å². The summed E-state index contributed by atoms with van der Waals surface area (Å²) in [7, 11) is -3.73. The fourth-order valence-electron chi connectivity index (χ4n) is 3.01. The molecule has 0 saturated heterocycles. The number of nitrogens with one attached hydrogen (secondary N) is 2. The summed E-state index contributed by atoms with van der Waals surface area (Å²) in [5, 5.41) is 2.98. The maximum atomic E-state index is 12.8. The summed E-state index contributed by atoms with van der Waals surface area (Å²) >= 11 is 0. The molecule has 0 aromatic heterocycles. The topological polar surface area (TPSA) is 75.3 Å². The highest BCUT2D eigenvalue weighted by molar-refractivity contribution is 7.92. The number of carbonyl (C=O) groups is 1. The Morgan fingerprint density at radius 1 is 0.862 bits per heavy atom. The molecule has 0 heterocycles. The van der Waals surface area contributed by atoms with Crippen molar-refractivity contribution in [1.29, 1.82) is 0 Å². The van der Waals surface area contributed by atoms with Crippen molar-refractivity contribution in [3.63, 3.8) is 0 Å². The molecule has 0 aliphatic heterocycles. The molecule has 1 unspecified atom stereocenters. The summed E-state index contributed by atoms with van der Waals surface area (Å²) in [5.74, 6) is -0.253. The van der Waals surface area contributed by atoms with Gasteiger partial charge in [0.2, 0.25) is 0 Å². The van der Waals surface area contributed by atoms with E-state index in [9.17, 15) is 13.2 Å². The van der Waals surface area contributed by atoms with E-state index in [0.717, 1.165) is 11.1 Å². The highest BCUT2D eigenvalue weighted by Gasteiger charge is 2.19. The van der Waals surface area contributed by atoms with Crippen LogP contribution in [-0.4, -0.2) is 14.3 Å². The molecule has 3 aromatic rings.